The van der Waals surface area contributed by atoms with Crippen LogP contribution in [-0.4, -0.2) is 27.7 Å². The maximum Gasteiger partial charge on any atom is 0.321 e. The molecule has 0 fully saturated rings. The molecule has 3 rings (SSSR count). The second-order valence-corrected chi connectivity index (χ2v) is 10.4. The van der Waals surface area contributed by atoms with Crippen LogP contribution in [0.1, 0.15) is 12.1 Å². The Morgan fingerprint density at radius 1 is 1.00 bits per heavy atom. The summed E-state index contributed by atoms with van der Waals surface area (Å²) in [6, 6.07) is 9.48. The number of hydrogen-bond donors (Lipinski definition) is 0. The van der Waals surface area contributed by atoms with Gasteiger partial charge < -0.3 is 0 Å². The lowest BCUT2D eigenvalue weighted by atomic mass is 10.2. The van der Waals surface area contributed by atoms with E-state index in [0.717, 1.165) is 11.8 Å². The Hall–Kier alpha value is -2.11. The number of halogens is 2. The number of sulfone groups is 1. The van der Waals surface area contributed by atoms with Gasteiger partial charge in [0.15, 0.2) is 9.84 Å². The molecule has 0 spiro atoms. The summed E-state index contributed by atoms with van der Waals surface area (Å²) in [4.78, 5) is -0.611. The maximum atomic E-state index is 13.6. The van der Waals surface area contributed by atoms with Gasteiger partial charge in [-0.1, -0.05) is 29.0 Å². The van der Waals surface area contributed by atoms with E-state index in [0.29, 0.717) is 15.9 Å². The van der Waals surface area contributed by atoms with E-state index in [1.807, 2.05) is 0 Å². The van der Waals surface area contributed by atoms with Crippen molar-refractivity contribution in [3.05, 3.63) is 52.8 Å². The van der Waals surface area contributed by atoms with E-state index in [4.69, 9.17) is 0 Å². The zero-order valence-electron chi connectivity index (χ0n) is 14.1. The van der Waals surface area contributed by atoms with Crippen molar-refractivity contribution < 1.29 is 25.6 Å². The van der Waals surface area contributed by atoms with Crippen LogP contribution in [0.5, 0.6) is 0 Å². The predicted molar refractivity (Wildman–Crippen MR) is 98.1 cm³/mol. The molecule has 0 radical (unpaired) electrons. The summed E-state index contributed by atoms with van der Waals surface area (Å²) in [7, 11) is -7.75. The molecule has 2 aromatic carbocycles. The molecule has 27 heavy (non-hydrogen) atoms. The summed E-state index contributed by atoms with van der Waals surface area (Å²) in [6.07, 6.45) is 0.996. The lowest BCUT2D eigenvalue weighted by molar-refractivity contribution is 0.0723. The van der Waals surface area contributed by atoms with E-state index in [2.05, 4.69) is 4.40 Å². The topological polar surface area (TPSA) is 85.6 Å². The molecular weight excluding hydrogens is 418 g/mol. The summed E-state index contributed by atoms with van der Waals surface area (Å²) >= 11 is 0.680. The molecule has 1 heterocycles. The van der Waals surface area contributed by atoms with E-state index in [-0.39, 0.29) is 20.0 Å². The molecule has 1 aromatic heterocycles. The van der Waals surface area contributed by atoms with Gasteiger partial charge in [0.05, 0.1) is 20.0 Å². The van der Waals surface area contributed by atoms with Gasteiger partial charge in [0.1, 0.15) is 0 Å². The minimum absolute atomic E-state index is 0.000237. The van der Waals surface area contributed by atoms with Crippen molar-refractivity contribution >= 4 is 41.4 Å². The molecular formula is C16H14F2N2O4S3. The smallest absolute Gasteiger partial charge is 0.258 e. The first-order valence-electron chi connectivity index (χ1n) is 7.50. The Labute approximate surface area is 158 Å². The predicted octanol–water partition coefficient (Wildman–Crippen LogP) is 3.10. The van der Waals surface area contributed by atoms with Gasteiger partial charge in [-0.2, -0.15) is 17.2 Å². The van der Waals surface area contributed by atoms with Crippen LogP contribution in [0, 0.1) is 6.92 Å². The Kier molecular flexibility index (Phi) is 4.95. The van der Waals surface area contributed by atoms with E-state index >= 15 is 0 Å². The van der Waals surface area contributed by atoms with Crippen molar-refractivity contribution in [2.45, 2.75) is 23.3 Å². The molecule has 11 heteroatoms. The maximum absolute atomic E-state index is 13.6. The van der Waals surface area contributed by atoms with Crippen LogP contribution in [0.3, 0.4) is 0 Å². The van der Waals surface area contributed by atoms with Gasteiger partial charge in [0.2, 0.25) is 4.80 Å². The van der Waals surface area contributed by atoms with E-state index in [1.54, 1.807) is 19.1 Å². The lowest BCUT2D eigenvalue weighted by Gasteiger charge is -2.04. The highest BCUT2D eigenvalue weighted by Crippen LogP contribution is 2.26. The average molecular weight is 432 g/mol. The number of thiazole rings is 1. The van der Waals surface area contributed by atoms with Crippen LogP contribution in [0.15, 0.2) is 56.7 Å². The molecule has 0 atom stereocenters. The van der Waals surface area contributed by atoms with Gasteiger partial charge in [0, 0.05) is 6.26 Å². The molecule has 0 N–H and O–H groups in total. The molecule has 0 aliphatic carbocycles. The van der Waals surface area contributed by atoms with Crippen LogP contribution in [0.4, 0.5) is 8.78 Å². The molecule has 144 valence electrons. The molecule has 0 bridgehead atoms. The van der Waals surface area contributed by atoms with Crippen LogP contribution in [0.25, 0.3) is 10.2 Å². The number of aromatic nitrogens is 1. The first-order valence-corrected chi connectivity index (χ1v) is 11.6. The molecule has 0 saturated heterocycles. The van der Waals surface area contributed by atoms with Gasteiger partial charge in [-0.05, 0) is 37.3 Å². The Morgan fingerprint density at radius 2 is 1.59 bits per heavy atom. The third-order valence-electron chi connectivity index (χ3n) is 3.74. The zero-order valence-corrected chi connectivity index (χ0v) is 16.6. The third-order valence-corrected chi connectivity index (χ3v) is 7.26. The van der Waals surface area contributed by atoms with Gasteiger partial charge in [-0.3, -0.25) is 4.57 Å². The lowest BCUT2D eigenvalue weighted by Crippen LogP contribution is -2.17. The first-order chi connectivity index (χ1) is 12.5. The number of benzene rings is 2. The van der Waals surface area contributed by atoms with E-state index < -0.39 is 31.2 Å². The number of alkyl halides is 2. The van der Waals surface area contributed by atoms with Gasteiger partial charge in [0.25, 0.3) is 10.0 Å². The largest absolute Gasteiger partial charge is 0.321 e. The number of hydrogen-bond acceptors (Lipinski definition) is 5. The highest BCUT2D eigenvalue weighted by molar-refractivity contribution is 7.90. The summed E-state index contributed by atoms with van der Waals surface area (Å²) in [6.45, 7) is -1.27. The van der Waals surface area contributed by atoms with Gasteiger partial charge in [-0.15, -0.1) is 4.40 Å². The first kappa shape index (κ1) is 19.6. The standard InChI is InChI=1S/C16H14F2N2O4S3/c1-10-3-5-11(6-4-10)27(23,24)19-16-20(15(17)18)13-8-7-12(26(2,21)22)9-14(13)25-16/h3-9,15H,1-2H3. The average Bonchev–Trinajstić information content (AvgIpc) is 2.90. The van der Waals surface area contributed by atoms with Crippen molar-refractivity contribution in [1.29, 1.82) is 0 Å². The van der Waals surface area contributed by atoms with Crippen molar-refractivity contribution in [1.82, 2.24) is 4.57 Å². The highest BCUT2D eigenvalue weighted by Gasteiger charge is 2.19. The molecule has 0 aliphatic rings. The summed E-state index contributed by atoms with van der Waals surface area (Å²) < 4.78 is 79.6. The van der Waals surface area contributed by atoms with E-state index in [1.165, 1.54) is 30.3 Å². The second-order valence-electron chi connectivity index (χ2n) is 5.81. The number of rotatable bonds is 4. The van der Waals surface area contributed by atoms with Crippen LogP contribution in [0.2, 0.25) is 0 Å². The van der Waals surface area contributed by atoms with Crippen molar-refractivity contribution in [2.75, 3.05) is 6.26 Å². The fourth-order valence-electron chi connectivity index (χ4n) is 2.37. The number of sulfonamides is 1. The van der Waals surface area contributed by atoms with Crippen LogP contribution >= 0.6 is 11.3 Å². The molecule has 0 amide bonds. The number of aryl methyl sites for hydroxylation is 1. The molecule has 6 nitrogen and oxygen atoms in total. The van der Waals surface area contributed by atoms with Gasteiger partial charge in [-0.25, -0.2) is 8.42 Å². The molecule has 3 aromatic rings. The minimum atomic E-state index is -4.21. The minimum Gasteiger partial charge on any atom is -0.258 e. The number of nitrogens with zero attached hydrogens (tertiary/aromatic N) is 2. The zero-order chi connectivity index (χ0) is 20.0. The summed E-state index contributed by atoms with van der Waals surface area (Å²) in [5.74, 6) is 0. The second kappa shape index (κ2) is 6.80. The summed E-state index contributed by atoms with van der Waals surface area (Å²) in [5.41, 5.74) is 0.840. The normalized spacial score (nSPS) is 13.6. The Bertz CT molecular complexity index is 1290. The Morgan fingerprint density at radius 3 is 2.15 bits per heavy atom. The van der Waals surface area contributed by atoms with Crippen molar-refractivity contribution in [2.24, 2.45) is 4.40 Å². The third kappa shape index (κ3) is 3.94. The molecule has 0 saturated carbocycles. The molecule has 0 aliphatic heterocycles. The van der Waals surface area contributed by atoms with Crippen molar-refractivity contribution in [3.8, 4) is 0 Å². The molecule has 0 unspecified atom stereocenters. The monoisotopic (exact) mass is 432 g/mol. The fourth-order valence-corrected chi connectivity index (χ4v) is 5.35. The quantitative estimate of drug-likeness (QED) is 0.634. The fraction of sp³-hybridized carbons (Fsp3) is 0.188. The highest BCUT2D eigenvalue weighted by atomic mass is 32.2. The summed E-state index contributed by atoms with van der Waals surface area (Å²) in [5, 5.41) is 0. The van der Waals surface area contributed by atoms with Crippen LogP contribution < -0.4 is 4.80 Å². The SMILES string of the molecule is Cc1ccc(S(=O)(=O)N=c2sc3cc(S(C)(=O)=O)ccc3n2C(F)F)cc1. The Balaban J connectivity index is 2.28. The van der Waals surface area contributed by atoms with Crippen molar-refractivity contribution in [3.63, 3.8) is 0 Å². The van der Waals surface area contributed by atoms with Crippen LogP contribution in [-0.2, 0) is 19.9 Å². The number of fused-ring (bicyclic) bond motifs is 1. The van der Waals surface area contributed by atoms with Gasteiger partial charge >= 0.3 is 6.55 Å². The van der Waals surface area contributed by atoms with E-state index in [9.17, 15) is 25.6 Å².